The van der Waals surface area contributed by atoms with Crippen LogP contribution in [-0.4, -0.2) is 35.6 Å². The fourth-order valence-corrected chi connectivity index (χ4v) is 3.96. The van der Waals surface area contributed by atoms with E-state index in [2.05, 4.69) is 36.0 Å². The van der Waals surface area contributed by atoms with Crippen molar-refractivity contribution in [3.05, 3.63) is 22.4 Å². The largest absolute Gasteiger partial charge is 0.378 e. The number of amides is 1. The summed E-state index contributed by atoms with van der Waals surface area (Å²) in [6.45, 7) is 7.80. The number of hydrogen-bond donors (Lipinski definition) is 1. The lowest BCUT2D eigenvalue weighted by molar-refractivity contribution is -0.133. The van der Waals surface area contributed by atoms with Gasteiger partial charge < -0.3 is 9.64 Å². The number of thiophene rings is 1. The molecule has 21 heavy (non-hydrogen) atoms. The SMILES string of the molecule is CCC1(C)NC(c2ccsc2)N(CC2CCOC2C)C1=O. The molecule has 4 nitrogen and oxygen atoms in total. The summed E-state index contributed by atoms with van der Waals surface area (Å²) in [5.41, 5.74) is 0.743. The lowest BCUT2D eigenvalue weighted by Gasteiger charge is -2.27. The molecule has 116 valence electrons. The highest BCUT2D eigenvalue weighted by atomic mass is 32.1. The van der Waals surface area contributed by atoms with Gasteiger partial charge in [0.1, 0.15) is 6.17 Å². The van der Waals surface area contributed by atoms with Gasteiger partial charge in [0.2, 0.25) is 5.91 Å². The summed E-state index contributed by atoms with van der Waals surface area (Å²) in [6.07, 6.45) is 2.10. The van der Waals surface area contributed by atoms with E-state index in [0.29, 0.717) is 5.92 Å². The average Bonchev–Trinajstić information content (AvgIpc) is 3.17. The van der Waals surface area contributed by atoms with Gasteiger partial charge >= 0.3 is 0 Å². The fraction of sp³-hybridized carbons (Fsp3) is 0.688. The molecule has 1 aromatic heterocycles. The molecular formula is C16H24N2O2S. The Morgan fingerprint density at radius 1 is 1.57 bits per heavy atom. The van der Waals surface area contributed by atoms with Crippen molar-refractivity contribution >= 4 is 17.2 Å². The Balaban J connectivity index is 1.84. The van der Waals surface area contributed by atoms with E-state index in [9.17, 15) is 4.79 Å². The maximum atomic E-state index is 12.9. The van der Waals surface area contributed by atoms with Crippen molar-refractivity contribution in [1.29, 1.82) is 0 Å². The number of hydrogen-bond acceptors (Lipinski definition) is 4. The zero-order chi connectivity index (χ0) is 15.0. The first-order valence-electron chi connectivity index (χ1n) is 7.77. The highest BCUT2D eigenvalue weighted by Crippen LogP contribution is 2.35. The molecule has 3 heterocycles. The molecule has 0 aliphatic carbocycles. The Morgan fingerprint density at radius 2 is 2.38 bits per heavy atom. The molecule has 0 spiro atoms. The first kappa shape index (κ1) is 15.0. The highest BCUT2D eigenvalue weighted by Gasteiger charge is 2.48. The normalized spacial score (nSPS) is 36.6. The van der Waals surface area contributed by atoms with Gasteiger partial charge in [-0.3, -0.25) is 10.1 Å². The van der Waals surface area contributed by atoms with E-state index in [0.717, 1.165) is 26.0 Å². The van der Waals surface area contributed by atoms with E-state index >= 15 is 0 Å². The lowest BCUT2D eigenvalue weighted by atomic mass is 9.98. The molecule has 2 aliphatic heterocycles. The third kappa shape index (κ3) is 2.62. The van der Waals surface area contributed by atoms with Crippen molar-refractivity contribution in [3.8, 4) is 0 Å². The van der Waals surface area contributed by atoms with Crippen LogP contribution in [-0.2, 0) is 9.53 Å². The molecule has 0 radical (unpaired) electrons. The third-order valence-corrected chi connectivity index (χ3v) is 5.73. The second-order valence-corrected chi connectivity index (χ2v) is 7.15. The summed E-state index contributed by atoms with van der Waals surface area (Å²) in [4.78, 5) is 14.9. The molecule has 2 saturated heterocycles. The van der Waals surface area contributed by atoms with Crippen molar-refractivity contribution < 1.29 is 9.53 Å². The molecule has 5 heteroatoms. The molecule has 3 rings (SSSR count). The van der Waals surface area contributed by atoms with Gasteiger partial charge in [0.25, 0.3) is 0 Å². The van der Waals surface area contributed by atoms with E-state index in [1.54, 1.807) is 11.3 Å². The van der Waals surface area contributed by atoms with Crippen LogP contribution in [0.5, 0.6) is 0 Å². The van der Waals surface area contributed by atoms with E-state index in [4.69, 9.17) is 4.74 Å². The standard InChI is InChI=1S/C16H24N2O2S/c1-4-16(3)15(19)18(9-12-5-7-20-11(12)2)14(17-16)13-6-8-21-10-13/h6,8,10-12,14,17H,4-5,7,9H2,1-3H3. The van der Waals surface area contributed by atoms with Gasteiger partial charge in [-0.1, -0.05) is 6.92 Å². The van der Waals surface area contributed by atoms with Gasteiger partial charge in [-0.05, 0) is 49.1 Å². The maximum absolute atomic E-state index is 12.9. The smallest absolute Gasteiger partial charge is 0.244 e. The van der Waals surface area contributed by atoms with Crippen LogP contribution in [0.3, 0.4) is 0 Å². The highest BCUT2D eigenvalue weighted by molar-refractivity contribution is 7.07. The van der Waals surface area contributed by atoms with Gasteiger partial charge in [0.05, 0.1) is 11.6 Å². The van der Waals surface area contributed by atoms with Gasteiger partial charge in [-0.2, -0.15) is 11.3 Å². The fourth-order valence-electron chi connectivity index (χ4n) is 3.28. The first-order valence-corrected chi connectivity index (χ1v) is 8.72. The quantitative estimate of drug-likeness (QED) is 0.930. The molecule has 0 bridgehead atoms. The van der Waals surface area contributed by atoms with Crippen LogP contribution in [0, 0.1) is 5.92 Å². The Kier molecular flexibility index (Phi) is 4.08. The number of nitrogens with one attached hydrogen (secondary N) is 1. The van der Waals surface area contributed by atoms with Gasteiger partial charge in [-0.15, -0.1) is 0 Å². The van der Waals surface area contributed by atoms with Crippen LogP contribution in [0.25, 0.3) is 0 Å². The summed E-state index contributed by atoms with van der Waals surface area (Å²) in [6, 6.07) is 2.11. The van der Waals surface area contributed by atoms with Gasteiger partial charge in [0, 0.05) is 19.1 Å². The lowest BCUT2D eigenvalue weighted by Crippen LogP contribution is -2.43. The Hall–Kier alpha value is -0.910. The molecule has 0 saturated carbocycles. The molecular weight excluding hydrogens is 284 g/mol. The van der Waals surface area contributed by atoms with Crippen LogP contribution < -0.4 is 5.32 Å². The van der Waals surface area contributed by atoms with E-state index in [1.807, 2.05) is 11.8 Å². The molecule has 1 amide bonds. The van der Waals surface area contributed by atoms with Crippen LogP contribution >= 0.6 is 11.3 Å². The average molecular weight is 308 g/mol. The maximum Gasteiger partial charge on any atom is 0.244 e. The number of nitrogens with zero attached hydrogens (tertiary/aromatic N) is 1. The van der Waals surface area contributed by atoms with Gasteiger partial charge in [-0.25, -0.2) is 0 Å². The minimum atomic E-state index is -0.449. The predicted molar refractivity (Wildman–Crippen MR) is 84.1 cm³/mol. The van der Waals surface area contributed by atoms with Crippen LogP contribution in [0.4, 0.5) is 0 Å². The van der Waals surface area contributed by atoms with Crippen molar-refractivity contribution in [3.63, 3.8) is 0 Å². The second-order valence-electron chi connectivity index (χ2n) is 6.37. The molecule has 4 atom stereocenters. The molecule has 1 aromatic rings. The Morgan fingerprint density at radius 3 is 2.95 bits per heavy atom. The molecule has 1 N–H and O–H groups in total. The van der Waals surface area contributed by atoms with Crippen molar-refractivity contribution in [1.82, 2.24) is 10.2 Å². The van der Waals surface area contributed by atoms with Crippen molar-refractivity contribution in [2.75, 3.05) is 13.2 Å². The van der Waals surface area contributed by atoms with Gasteiger partial charge in [0.15, 0.2) is 0 Å². The molecule has 2 aliphatic rings. The zero-order valence-corrected chi connectivity index (χ0v) is 13.8. The summed E-state index contributed by atoms with van der Waals surface area (Å²) >= 11 is 1.68. The Labute approximate surface area is 130 Å². The zero-order valence-electron chi connectivity index (χ0n) is 13.0. The third-order valence-electron chi connectivity index (χ3n) is 5.03. The minimum Gasteiger partial charge on any atom is -0.378 e. The molecule has 0 aromatic carbocycles. The summed E-state index contributed by atoms with van der Waals surface area (Å²) in [5, 5.41) is 7.76. The molecule has 2 fully saturated rings. The molecule has 4 unspecified atom stereocenters. The summed E-state index contributed by atoms with van der Waals surface area (Å²) in [7, 11) is 0. The second kappa shape index (κ2) is 5.71. The Bertz CT molecular complexity index is 504. The van der Waals surface area contributed by atoms with Crippen molar-refractivity contribution in [2.24, 2.45) is 5.92 Å². The first-order chi connectivity index (χ1) is 10.0. The summed E-state index contributed by atoms with van der Waals surface area (Å²) < 4.78 is 5.66. The van der Waals surface area contributed by atoms with E-state index in [1.165, 1.54) is 5.56 Å². The van der Waals surface area contributed by atoms with E-state index in [-0.39, 0.29) is 18.2 Å². The summed E-state index contributed by atoms with van der Waals surface area (Å²) in [5.74, 6) is 0.663. The predicted octanol–water partition coefficient (Wildman–Crippen LogP) is 2.77. The van der Waals surface area contributed by atoms with Crippen LogP contribution in [0.15, 0.2) is 16.8 Å². The van der Waals surface area contributed by atoms with Crippen molar-refractivity contribution in [2.45, 2.75) is 51.4 Å². The minimum absolute atomic E-state index is 0.00139. The number of carbonyl (C=O) groups excluding carboxylic acids is 1. The number of ether oxygens (including phenoxy) is 1. The number of rotatable bonds is 4. The topological polar surface area (TPSA) is 41.6 Å². The van der Waals surface area contributed by atoms with E-state index < -0.39 is 5.54 Å². The number of carbonyl (C=O) groups is 1. The monoisotopic (exact) mass is 308 g/mol. The van der Waals surface area contributed by atoms with Crippen LogP contribution in [0.1, 0.15) is 45.3 Å². The van der Waals surface area contributed by atoms with Crippen LogP contribution in [0.2, 0.25) is 0 Å².